The Bertz CT molecular complexity index is 663. The molecular weight excluding hydrogens is 273 g/mol. The van der Waals surface area contributed by atoms with Crippen molar-refractivity contribution < 1.29 is 0 Å². The molecule has 1 heterocycles. The van der Waals surface area contributed by atoms with E-state index in [2.05, 4.69) is 9.97 Å². The van der Waals surface area contributed by atoms with Gasteiger partial charge < -0.3 is 11.5 Å². The van der Waals surface area contributed by atoms with Gasteiger partial charge in [0, 0.05) is 5.56 Å². The topological polar surface area (TPSA) is 102 Å². The highest BCUT2D eigenvalue weighted by Crippen LogP contribution is 2.37. The number of halogens is 2. The minimum absolute atomic E-state index is 0.0594. The van der Waals surface area contributed by atoms with Crippen LogP contribution in [0.15, 0.2) is 18.2 Å². The van der Waals surface area contributed by atoms with Crippen LogP contribution in [-0.4, -0.2) is 9.97 Å². The van der Waals surface area contributed by atoms with Gasteiger partial charge in [0.1, 0.15) is 11.9 Å². The number of hydrogen-bond acceptors (Lipinski definition) is 5. The molecule has 0 saturated heterocycles. The van der Waals surface area contributed by atoms with Gasteiger partial charge in [-0.3, -0.25) is 0 Å². The van der Waals surface area contributed by atoms with Crippen LogP contribution in [0, 0.1) is 11.3 Å². The van der Waals surface area contributed by atoms with E-state index < -0.39 is 0 Å². The molecule has 0 atom stereocenters. The first kappa shape index (κ1) is 12.4. The Morgan fingerprint density at radius 3 is 2.56 bits per heavy atom. The largest absolute Gasteiger partial charge is 0.383 e. The van der Waals surface area contributed by atoms with Crippen LogP contribution in [0.25, 0.3) is 11.1 Å². The zero-order chi connectivity index (χ0) is 13.3. The Kier molecular flexibility index (Phi) is 3.24. The minimum atomic E-state index is -0.0639. The Morgan fingerprint density at radius 2 is 1.89 bits per heavy atom. The molecule has 2 aromatic rings. The van der Waals surface area contributed by atoms with E-state index in [0.717, 1.165) is 0 Å². The van der Waals surface area contributed by atoms with Crippen LogP contribution >= 0.6 is 23.2 Å². The summed E-state index contributed by atoms with van der Waals surface area (Å²) < 4.78 is 0. The second-order valence-corrected chi connectivity index (χ2v) is 4.19. The fourth-order valence-corrected chi connectivity index (χ4v) is 1.93. The molecule has 90 valence electrons. The summed E-state index contributed by atoms with van der Waals surface area (Å²) >= 11 is 12.0. The van der Waals surface area contributed by atoms with Crippen LogP contribution in [0.5, 0.6) is 0 Å². The molecule has 7 heteroatoms. The van der Waals surface area contributed by atoms with Gasteiger partial charge in [0.25, 0.3) is 0 Å². The second-order valence-electron chi connectivity index (χ2n) is 3.40. The van der Waals surface area contributed by atoms with Crippen molar-refractivity contribution in [3.8, 4) is 17.2 Å². The Balaban J connectivity index is 2.80. The van der Waals surface area contributed by atoms with Crippen molar-refractivity contribution in [3.05, 3.63) is 33.9 Å². The van der Waals surface area contributed by atoms with Gasteiger partial charge in [-0.25, -0.2) is 4.98 Å². The number of hydrogen-bond donors (Lipinski definition) is 2. The van der Waals surface area contributed by atoms with Crippen molar-refractivity contribution in [2.24, 2.45) is 0 Å². The number of nitrogen functional groups attached to an aromatic ring is 2. The van der Waals surface area contributed by atoms with Crippen LogP contribution < -0.4 is 11.5 Å². The summed E-state index contributed by atoms with van der Waals surface area (Å²) in [5.74, 6) is 0.0224. The molecule has 4 N–H and O–H groups in total. The first-order chi connectivity index (χ1) is 8.54. The molecule has 0 aliphatic rings. The van der Waals surface area contributed by atoms with E-state index in [1.165, 1.54) is 0 Å². The van der Waals surface area contributed by atoms with E-state index in [9.17, 15) is 0 Å². The van der Waals surface area contributed by atoms with Crippen LogP contribution in [0.3, 0.4) is 0 Å². The maximum Gasteiger partial charge on any atom is 0.223 e. The molecule has 1 aromatic heterocycles. The van der Waals surface area contributed by atoms with Crippen molar-refractivity contribution >= 4 is 35.0 Å². The molecule has 0 spiro atoms. The molecule has 18 heavy (non-hydrogen) atoms. The van der Waals surface area contributed by atoms with E-state index >= 15 is 0 Å². The Labute approximate surface area is 113 Å². The van der Waals surface area contributed by atoms with Crippen molar-refractivity contribution in [1.82, 2.24) is 9.97 Å². The van der Waals surface area contributed by atoms with E-state index in [0.29, 0.717) is 16.1 Å². The Hall–Kier alpha value is -2.03. The number of rotatable bonds is 1. The van der Waals surface area contributed by atoms with Crippen molar-refractivity contribution in [3.63, 3.8) is 0 Å². The number of anilines is 2. The van der Waals surface area contributed by atoms with E-state index in [1.54, 1.807) is 18.2 Å². The third-order valence-corrected chi connectivity index (χ3v) is 3.10. The first-order valence-electron chi connectivity index (χ1n) is 4.82. The second kappa shape index (κ2) is 4.69. The van der Waals surface area contributed by atoms with Gasteiger partial charge in [-0.1, -0.05) is 35.3 Å². The molecule has 0 fully saturated rings. The van der Waals surface area contributed by atoms with Gasteiger partial charge in [-0.15, -0.1) is 0 Å². The fraction of sp³-hybridized carbons (Fsp3) is 0. The quantitative estimate of drug-likeness (QED) is 0.835. The minimum Gasteiger partial charge on any atom is -0.383 e. The number of nitrogens with zero attached hydrogens (tertiary/aromatic N) is 3. The smallest absolute Gasteiger partial charge is 0.223 e. The lowest BCUT2D eigenvalue weighted by Crippen LogP contribution is -2.05. The SMILES string of the molecule is N#Cc1nc(N)nc(N)c1-c1cccc(Cl)c1Cl. The lowest BCUT2D eigenvalue weighted by atomic mass is 10.0. The summed E-state index contributed by atoms with van der Waals surface area (Å²) in [6, 6.07) is 6.92. The molecule has 0 amide bonds. The highest BCUT2D eigenvalue weighted by molar-refractivity contribution is 6.43. The fourth-order valence-electron chi connectivity index (χ4n) is 1.54. The van der Waals surface area contributed by atoms with Crippen LogP contribution in [-0.2, 0) is 0 Å². The molecule has 0 aliphatic heterocycles. The maximum absolute atomic E-state index is 9.06. The zero-order valence-electron chi connectivity index (χ0n) is 8.98. The van der Waals surface area contributed by atoms with E-state index in [4.69, 9.17) is 39.9 Å². The molecule has 0 unspecified atom stereocenters. The van der Waals surface area contributed by atoms with Gasteiger partial charge in [0.2, 0.25) is 5.95 Å². The van der Waals surface area contributed by atoms with Crippen molar-refractivity contribution in [1.29, 1.82) is 5.26 Å². The monoisotopic (exact) mass is 279 g/mol. The number of nitriles is 1. The predicted octanol–water partition coefficient (Wildman–Crippen LogP) is 2.49. The van der Waals surface area contributed by atoms with Gasteiger partial charge >= 0.3 is 0 Å². The number of nitrogens with two attached hydrogens (primary N) is 2. The lowest BCUT2D eigenvalue weighted by molar-refractivity contribution is 1.17. The molecule has 2 rings (SSSR count). The normalized spacial score (nSPS) is 10.1. The molecular formula is C11H7Cl2N5. The third kappa shape index (κ3) is 2.04. The number of aromatic nitrogens is 2. The highest BCUT2D eigenvalue weighted by Gasteiger charge is 2.17. The highest BCUT2D eigenvalue weighted by atomic mass is 35.5. The average Bonchev–Trinajstić information content (AvgIpc) is 2.32. The van der Waals surface area contributed by atoms with Gasteiger partial charge in [-0.05, 0) is 6.07 Å². The van der Waals surface area contributed by atoms with Gasteiger partial charge in [0.15, 0.2) is 5.69 Å². The molecule has 0 radical (unpaired) electrons. The third-order valence-electron chi connectivity index (χ3n) is 2.28. The average molecular weight is 280 g/mol. The van der Waals surface area contributed by atoms with Crippen LogP contribution in [0.2, 0.25) is 10.0 Å². The van der Waals surface area contributed by atoms with Crippen molar-refractivity contribution in [2.45, 2.75) is 0 Å². The predicted molar refractivity (Wildman–Crippen MR) is 71.0 cm³/mol. The van der Waals surface area contributed by atoms with Crippen LogP contribution in [0.4, 0.5) is 11.8 Å². The summed E-state index contributed by atoms with van der Waals surface area (Å²) in [6.07, 6.45) is 0. The van der Waals surface area contributed by atoms with Crippen molar-refractivity contribution in [2.75, 3.05) is 11.5 Å². The molecule has 0 aliphatic carbocycles. The standard InChI is InChI=1S/C11H7Cl2N5/c12-6-3-1-2-5(9(6)13)8-7(4-14)17-11(16)18-10(8)15/h1-3H,(H4,15,16,17,18). The summed E-state index contributed by atoms with van der Waals surface area (Å²) in [5.41, 5.74) is 12.1. The van der Waals surface area contributed by atoms with Gasteiger partial charge in [0.05, 0.1) is 15.6 Å². The maximum atomic E-state index is 9.06. The summed E-state index contributed by atoms with van der Waals surface area (Å²) in [4.78, 5) is 7.64. The summed E-state index contributed by atoms with van der Waals surface area (Å²) in [7, 11) is 0. The summed E-state index contributed by atoms with van der Waals surface area (Å²) in [5, 5.41) is 9.70. The van der Waals surface area contributed by atoms with E-state index in [1.807, 2.05) is 6.07 Å². The van der Waals surface area contributed by atoms with E-state index in [-0.39, 0.29) is 22.5 Å². The van der Waals surface area contributed by atoms with Gasteiger partial charge in [-0.2, -0.15) is 10.2 Å². The van der Waals surface area contributed by atoms with Crippen LogP contribution in [0.1, 0.15) is 5.69 Å². The lowest BCUT2D eigenvalue weighted by Gasteiger charge is -2.09. The zero-order valence-corrected chi connectivity index (χ0v) is 10.5. The molecule has 0 bridgehead atoms. The molecule has 1 aromatic carbocycles. The molecule has 0 saturated carbocycles. The Morgan fingerprint density at radius 1 is 1.17 bits per heavy atom. The molecule has 5 nitrogen and oxygen atoms in total. The number of benzene rings is 1. The summed E-state index contributed by atoms with van der Waals surface area (Å²) in [6.45, 7) is 0. The first-order valence-corrected chi connectivity index (χ1v) is 5.57.